The van der Waals surface area contributed by atoms with Gasteiger partial charge in [-0.25, -0.2) is 13.2 Å². The van der Waals surface area contributed by atoms with Gasteiger partial charge in [0.15, 0.2) is 0 Å². The summed E-state index contributed by atoms with van der Waals surface area (Å²) < 4.78 is 112. The van der Waals surface area contributed by atoms with Gasteiger partial charge in [-0.2, -0.15) is 8.78 Å². The van der Waals surface area contributed by atoms with Crippen molar-refractivity contribution in [3.63, 3.8) is 0 Å². The minimum absolute atomic E-state index is 0.0782. The van der Waals surface area contributed by atoms with Crippen molar-refractivity contribution < 1.29 is 74.2 Å². The molecule has 1 aromatic carbocycles. The molecule has 242 valence electrons. The number of hydrogen-bond acceptors (Lipinski definition) is 11. The molecule has 0 bridgehead atoms. The first-order chi connectivity index (χ1) is 20.3. The van der Waals surface area contributed by atoms with E-state index in [1.165, 1.54) is 0 Å². The van der Waals surface area contributed by atoms with Gasteiger partial charge in [0.25, 0.3) is 0 Å². The molecule has 0 saturated carbocycles. The maximum atomic E-state index is 13.5. The molecule has 0 aliphatic carbocycles. The molecule has 0 aliphatic rings. The lowest BCUT2D eigenvalue weighted by molar-refractivity contribution is -0.144. The number of carbonyl (C=O) groups excluding carboxylic acids is 2. The molecule has 0 aliphatic heterocycles. The van der Waals surface area contributed by atoms with Crippen molar-refractivity contribution in [1.82, 2.24) is 0 Å². The summed E-state index contributed by atoms with van der Waals surface area (Å²) in [5.74, 6) is -14.4. The van der Waals surface area contributed by atoms with Crippen molar-refractivity contribution in [1.29, 1.82) is 0 Å². The Kier molecular flexibility index (Phi) is 21.5. The number of esters is 2. The Labute approximate surface area is 240 Å². The van der Waals surface area contributed by atoms with Crippen molar-refractivity contribution in [3.8, 4) is 5.75 Å². The van der Waals surface area contributed by atoms with E-state index in [1.54, 1.807) is 6.92 Å². The van der Waals surface area contributed by atoms with Crippen molar-refractivity contribution >= 4 is 11.9 Å². The van der Waals surface area contributed by atoms with Gasteiger partial charge >= 0.3 is 11.9 Å². The zero-order valence-corrected chi connectivity index (χ0v) is 23.4. The van der Waals surface area contributed by atoms with Gasteiger partial charge in [-0.3, -0.25) is 9.59 Å². The molecule has 0 N–H and O–H groups in total. The van der Waals surface area contributed by atoms with Crippen LogP contribution in [-0.2, 0) is 47.5 Å². The molecule has 0 fully saturated rings. The Morgan fingerprint density at radius 3 is 1.07 bits per heavy atom. The van der Waals surface area contributed by atoms with Gasteiger partial charge < -0.3 is 42.6 Å². The summed E-state index contributed by atoms with van der Waals surface area (Å²) in [6.07, 6.45) is -0.272. The normalized spacial score (nSPS) is 11.2. The average Bonchev–Trinajstić information content (AvgIpc) is 2.97. The Morgan fingerprint density at radius 2 is 0.738 bits per heavy atom. The van der Waals surface area contributed by atoms with Crippen LogP contribution >= 0.6 is 0 Å². The number of halogens is 5. The van der Waals surface area contributed by atoms with Gasteiger partial charge in [0.2, 0.25) is 34.8 Å². The van der Waals surface area contributed by atoms with E-state index in [4.69, 9.17) is 37.9 Å². The first-order valence-corrected chi connectivity index (χ1v) is 13.2. The van der Waals surface area contributed by atoms with Gasteiger partial charge in [0.05, 0.1) is 112 Å². The zero-order valence-electron chi connectivity index (χ0n) is 23.4. The second kappa shape index (κ2) is 24.0. The summed E-state index contributed by atoms with van der Waals surface area (Å²) in [4.78, 5) is 22.7. The van der Waals surface area contributed by atoms with Crippen LogP contribution in [0, 0.1) is 29.1 Å². The van der Waals surface area contributed by atoms with Gasteiger partial charge in [-0.15, -0.1) is 0 Å². The second-order valence-corrected chi connectivity index (χ2v) is 7.96. The van der Waals surface area contributed by atoms with E-state index in [9.17, 15) is 31.5 Å². The maximum Gasteiger partial charge on any atom is 0.313 e. The van der Waals surface area contributed by atoms with E-state index in [1.807, 2.05) is 0 Å². The summed E-state index contributed by atoms with van der Waals surface area (Å²) in [6.45, 7) is 6.08. The molecule has 0 aromatic heterocycles. The number of carbonyl (C=O) groups is 2. The Hall–Kier alpha value is -2.47. The minimum Gasteiger partial charge on any atom is -0.466 e. The van der Waals surface area contributed by atoms with Gasteiger partial charge in [0.1, 0.15) is 0 Å². The summed E-state index contributed by atoms with van der Waals surface area (Å²) >= 11 is 0. The Balaban J connectivity index is 1.83. The van der Waals surface area contributed by atoms with Crippen LogP contribution in [0.1, 0.15) is 19.8 Å². The molecule has 0 unspecified atom stereocenters. The fourth-order valence-electron chi connectivity index (χ4n) is 2.80. The largest absolute Gasteiger partial charge is 0.466 e. The number of benzene rings is 1. The quantitative estimate of drug-likeness (QED) is 0.0380. The van der Waals surface area contributed by atoms with Crippen LogP contribution in [-0.4, -0.2) is 111 Å². The molecule has 11 nitrogen and oxygen atoms in total. The topological polar surface area (TPSA) is 117 Å². The Bertz CT molecular complexity index is 879. The fraction of sp³-hybridized carbons (Fsp3) is 0.692. The first-order valence-electron chi connectivity index (χ1n) is 13.2. The van der Waals surface area contributed by atoms with E-state index in [-0.39, 0.29) is 38.8 Å². The molecular weight excluding hydrogens is 583 g/mol. The highest BCUT2D eigenvalue weighted by molar-refractivity contribution is 5.72. The van der Waals surface area contributed by atoms with Crippen LogP contribution in [0.25, 0.3) is 0 Å². The number of rotatable bonds is 26. The molecule has 16 heteroatoms. The molecule has 0 heterocycles. The monoisotopic (exact) mass is 620 g/mol. The van der Waals surface area contributed by atoms with Crippen LogP contribution in [0.4, 0.5) is 22.0 Å². The SMILES string of the molecule is CCOC(=O)CCOCCOCCOCCOCCOCCOCCOCCC(=O)Oc1c(F)c(F)c(F)c(F)c1F. The zero-order chi connectivity index (χ0) is 31.0. The molecule has 42 heavy (non-hydrogen) atoms. The van der Waals surface area contributed by atoms with Crippen LogP contribution in [0.2, 0.25) is 0 Å². The predicted octanol–water partition coefficient (Wildman–Crippen LogP) is 2.75. The summed E-state index contributed by atoms with van der Waals surface area (Å²) in [6, 6.07) is 0. The van der Waals surface area contributed by atoms with Crippen LogP contribution in [0.5, 0.6) is 5.75 Å². The lowest BCUT2D eigenvalue weighted by Crippen LogP contribution is -2.16. The molecule has 0 amide bonds. The molecule has 0 radical (unpaired) electrons. The van der Waals surface area contributed by atoms with Gasteiger partial charge in [-0.05, 0) is 6.92 Å². The molecule has 0 spiro atoms. The lowest BCUT2D eigenvalue weighted by atomic mass is 10.2. The Morgan fingerprint density at radius 1 is 0.452 bits per heavy atom. The summed E-state index contributed by atoms with van der Waals surface area (Å²) in [5.41, 5.74) is 0. The fourth-order valence-corrected chi connectivity index (χ4v) is 2.80. The van der Waals surface area contributed by atoms with Crippen molar-refractivity contribution in [2.75, 3.05) is 99.1 Å². The highest BCUT2D eigenvalue weighted by atomic mass is 19.2. The first kappa shape index (κ1) is 37.6. The van der Waals surface area contributed by atoms with Crippen LogP contribution in [0.3, 0.4) is 0 Å². The minimum atomic E-state index is -2.35. The third-order valence-corrected chi connectivity index (χ3v) is 4.82. The summed E-state index contributed by atoms with van der Waals surface area (Å²) in [5, 5.41) is 0. The predicted molar refractivity (Wildman–Crippen MR) is 133 cm³/mol. The highest BCUT2D eigenvalue weighted by Gasteiger charge is 2.28. The lowest BCUT2D eigenvalue weighted by Gasteiger charge is -2.09. The third-order valence-electron chi connectivity index (χ3n) is 4.82. The van der Waals surface area contributed by atoms with E-state index >= 15 is 0 Å². The van der Waals surface area contributed by atoms with E-state index < -0.39 is 47.2 Å². The molecule has 0 atom stereocenters. The van der Waals surface area contributed by atoms with Crippen molar-refractivity contribution in [2.24, 2.45) is 0 Å². The van der Waals surface area contributed by atoms with Crippen molar-refractivity contribution in [2.45, 2.75) is 19.8 Å². The molecular formula is C26H37F5O11. The number of ether oxygens (including phenoxy) is 9. The van der Waals surface area contributed by atoms with Crippen LogP contribution in [0.15, 0.2) is 0 Å². The van der Waals surface area contributed by atoms with Crippen molar-refractivity contribution in [3.05, 3.63) is 29.1 Å². The third kappa shape index (κ3) is 16.8. The van der Waals surface area contributed by atoms with E-state index in [0.717, 1.165) is 0 Å². The molecule has 0 saturated heterocycles. The summed E-state index contributed by atoms with van der Waals surface area (Å²) in [7, 11) is 0. The van der Waals surface area contributed by atoms with E-state index in [0.29, 0.717) is 72.7 Å². The van der Waals surface area contributed by atoms with Crippen LogP contribution < -0.4 is 4.74 Å². The number of hydrogen-bond donors (Lipinski definition) is 0. The van der Waals surface area contributed by atoms with E-state index in [2.05, 4.69) is 4.74 Å². The molecule has 1 rings (SSSR count). The average molecular weight is 621 g/mol. The van der Waals surface area contributed by atoms with Gasteiger partial charge in [-0.1, -0.05) is 0 Å². The van der Waals surface area contributed by atoms with Gasteiger partial charge in [0, 0.05) is 0 Å². The second-order valence-electron chi connectivity index (χ2n) is 7.96. The standard InChI is InChI=1S/C26H37F5O11/c1-2-41-19(32)3-5-34-7-9-36-11-13-38-15-17-40-18-16-39-14-12-37-10-8-35-6-4-20(33)42-26-24(30)22(28)21(27)23(29)25(26)31/h2-18H2,1H3. The highest BCUT2D eigenvalue weighted by Crippen LogP contribution is 2.29. The molecule has 1 aromatic rings. The maximum absolute atomic E-state index is 13.5. The smallest absolute Gasteiger partial charge is 0.313 e.